The molecule has 1 aromatic carbocycles. The normalized spacial score (nSPS) is 11.9. The van der Waals surface area contributed by atoms with Crippen LogP contribution in [-0.2, 0) is 13.1 Å². The van der Waals surface area contributed by atoms with Gasteiger partial charge in [0.1, 0.15) is 0 Å². The lowest BCUT2D eigenvalue weighted by Crippen LogP contribution is -2.35. The van der Waals surface area contributed by atoms with Gasteiger partial charge in [-0.15, -0.1) is 0 Å². The SMILES string of the molecule is Cc1cc(C)c(Cn2nccc2CNC(C)(C)C)c(C)c1. The van der Waals surface area contributed by atoms with E-state index in [-0.39, 0.29) is 5.54 Å². The number of hydrogen-bond acceptors (Lipinski definition) is 2. The zero-order chi connectivity index (χ0) is 15.6. The maximum Gasteiger partial charge on any atom is 0.0668 e. The van der Waals surface area contributed by atoms with Crippen LogP contribution in [0.15, 0.2) is 24.4 Å². The quantitative estimate of drug-likeness (QED) is 0.927. The average molecular weight is 285 g/mol. The molecular weight excluding hydrogens is 258 g/mol. The van der Waals surface area contributed by atoms with Crippen molar-refractivity contribution in [2.45, 2.75) is 60.2 Å². The van der Waals surface area contributed by atoms with Crippen molar-refractivity contribution in [3.05, 3.63) is 52.3 Å². The van der Waals surface area contributed by atoms with Crippen LogP contribution >= 0.6 is 0 Å². The van der Waals surface area contributed by atoms with Gasteiger partial charge in [0, 0.05) is 18.3 Å². The fourth-order valence-electron chi connectivity index (χ4n) is 2.62. The van der Waals surface area contributed by atoms with E-state index in [9.17, 15) is 0 Å². The number of aryl methyl sites for hydroxylation is 3. The highest BCUT2D eigenvalue weighted by molar-refractivity contribution is 5.37. The van der Waals surface area contributed by atoms with Gasteiger partial charge in [-0.2, -0.15) is 5.10 Å². The van der Waals surface area contributed by atoms with Gasteiger partial charge in [-0.1, -0.05) is 17.7 Å². The molecule has 1 heterocycles. The summed E-state index contributed by atoms with van der Waals surface area (Å²) in [5.74, 6) is 0. The Kier molecular flexibility index (Phi) is 4.52. The zero-order valence-corrected chi connectivity index (χ0v) is 14.1. The van der Waals surface area contributed by atoms with Gasteiger partial charge < -0.3 is 5.32 Å². The lowest BCUT2D eigenvalue weighted by molar-refractivity contribution is 0.414. The molecule has 2 rings (SSSR count). The second kappa shape index (κ2) is 6.02. The highest BCUT2D eigenvalue weighted by atomic mass is 15.3. The number of nitrogens with one attached hydrogen (secondary N) is 1. The standard InChI is InChI=1S/C18H27N3/c1-13-9-14(2)17(15(3)10-13)12-21-16(7-8-20-21)11-19-18(4,5)6/h7-10,19H,11-12H2,1-6H3. The maximum atomic E-state index is 4.49. The minimum atomic E-state index is 0.116. The number of benzene rings is 1. The van der Waals surface area contributed by atoms with Crippen molar-refractivity contribution in [3.8, 4) is 0 Å². The lowest BCUT2D eigenvalue weighted by atomic mass is 10.00. The second-order valence-corrected chi connectivity index (χ2v) is 6.96. The summed E-state index contributed by atoms with van der Waals surface area (Å²) in [6.45, 7) is 14.7. The minimum absolute atomic E-state index is 0.116. The molecule has 1 N–H and O–H groups in total. The molecule has 0 radical (unpaired) electrons. The van der Waals surface area contributed by atoms with E-state index < -0.39 is 0 Å². The van der Waals surface area contributed by atoms with E-state index in [0.717, 1.165) is 13.1 Å². The fraction of sp³-hybridized carbons (Fsp3) is 0.500. The summed E-state index contributed by atoms with van der Waals surface area (Å²) < 4.78 is 2.10. The van der Waals surface area contributed by atoms with Gasteiger partial charge in [0.05, 0.1) is 12.2 Å². The Morgan fingerprint density at radius 3 is 2.29 bits per heavy atom. The van der Waals surface area contributed by atoms with Crippen LogP contribution in [0.4, 0.5) is 0 Å². The maximum absolute atomic E-state index is 4.49. The molecule has 0 atom stereocenters. The first-order valence-electron chi connectivity index (χ1n) is 7.59. The van der Waals surface area contributed by atoms with Gasteiger partial charge in [0.15, 0.2) is 0 Å². The van der Waals surface area contributed by atoms with Crippen LogP contribution in [-0.4, -0.2) is 15.3 Å². The molecule has 0 unspecified atom stereocenters. The molecule has 0 bridgehead atoms. The Morgan fingerprint density at radius 2 is 1.71 bits per heavy atom. The van der Waals surface area contributed by atoms with E-state index in [2.05, 4.69) is 74.8 Å². The van der Waals surface area contributed by atoms with Gasteiger partial charge in [-0.25, -0.2) is 0 Å². The van der Waals surface area contributed by atoms with E-state index >= 15 is 0 Å². The largest absolute Gasteiger partial charge is 0.306 e. The lowest BCUT2D eigenvalue weighted by Gasteiger charge is -2.21. The molecule has 0 fully saturated rings. The molecule has 21 heavy (non-hydrogen) atoms. The smallest absolute Gasteiger partial charge is 0.0668 e. The van der Waals surface area contributed by atoms with E-state index in [0.29, 0.717) is 0 Å². The molecule has 0 saturated heterocycles. The molecule has 1 aromatic heterocycles. The summed E-state index contributed by atoms with van der Waals surface area (Å²) in [6, 6.07) is 6.59. The minimum Gasteiger partial charge on any atom is -0.306 e. The average Bonchev–Trinajstić information content (AvgIpc) is 2.77. The van der Waals surface area contributed by atoms with Crippen molar-refractivity contribution >= 4 is 0 Å². The third-order valence-corrected chi connectivity index (χ3v) is 3.75. The Hall–Kier alpha value is -1.61. The van der Waals surface area contributed by atoms with E-state index in [1.54, 1.807) is 0 Å². The van der Waals surface area contributed by atoms with Crippen molar-refractivity contribution in [3.63, 3.8) is 0 Å². The Balaban J connectivity index is 2.20. The number of nitrogens with zero attached hydrogens (tertiary/aromatic N) is 2. The Bertz CT molecular complexity index is 595. The predicted octanol–water partition coefficient (Wildman–Crippen LogP) is 3.74. The van der Waals surface area contributed by atoms with Crippen LogP contribution in [0.2, 0.25) is 0 Å². The fourth-order valence-corrected chi connectivity index (χ4v) is 2.62. The molecule has 0 saturated carbocycles. The molecule has 0 aliphatic heterocycles. The summed E-state index contributed by atoms with van der Waals surface area (Å²) in [4.78, 5) is 0. The highest BCUT2D eigenvalue weighted by Crippen LogP contribution is 2.18. The molecule has 3 nitrogen and oxygen atoms in total. The third-order valence-electron chi connectivity index (χ3n) is 3.75. The summed E-state index contributed by atoms with van der Waals surface area (Å²) in [6.07, 6.45) is 1.89. The van der Waals surface area contributed by atoms with Crippen molar-refractivity contribution in [2.75, 3.05) is 0 Å². The molecule has 0 spiro atoms. The first kappa shape index (κ1) is 15.8. The van der Waals surface area contributed by atoms with Gasteiger partial charge in [0.2, 0.25) is 0 Å². The van der Waals surface area contributed by atoms with Gasteiger partial charge >= 0.3 is 0 Å². The van der Waals surface area contributed by atoms with E-state index in [4.69, 9.17) is 0 Å². The Labute approximate surface area is 128 Å². The van der Waals surface area contributed by atoms with Crippen LogP contribution in [0.1, 0.15) is 48.7 Å². The molecule has 0 amide bonds. The monoisotopic (exact) mass is 285 g/mol. The number of aromatic nitrogens is 2. The summed E-state index contributed by atoms with van der Waals surface area (Å²) in [5, 5.41) is 8.02. The van der Waals surface area contributed by atoms with Crippen molar-refractivity contribution in [1.29, 1.82) is 0 Å². The molecule has 0 aliphatic carbocycles. The van der Waals surface area contributed by atoms with Crippen LogP contribution in [0, 0.1) is 20.8 Å². The predicted molar refractivity (Wildman–Crippen MR) is 88.6 cm³/mol. The molecule has 114 valence electrons. The molecule has 3 heteroatoms. The molecule has 0 aliphatic rings. The highest BCUT2D eigenvalue weighted by Gasteiger charge is 2.12. The molecule has 2 aromatic rings. The van der Waals surface area contributed by atoms with Crippen molar-refractivity contribution in [1.82, 2.24) is 15.1 Å². The third kappa shape index (κ3) is 4.18. The Morgan fingerprint density at radius 1 is 1.10 bits per heavy atom. The second-order valence-electron chi connectivity index (χ2n) is 6.96. The zero-order valence-electron chi connectivity index (χ0n) is 14.1. The first-order chi connectivity index (χ1) is 9.76. The topological polar surface area (TPSA) is 29.9 Å². The summed E-state index contributed by atoms with van der Waals surface area (Å²) in [5.41, 5.74) is 6.73. The summed E-state index contributed by atoms with van der Waals surface area (Å²) >= 11 is 0. The van der Waals surface area contributed by atoms with Crippen LogP contribution in [0.25, 0.3) is 0 Å². The van der Waals surface area contributed by atoms with E-state index in [1.807, 2.05) is 6.20 Å². The van der Waals surface area contributed by atoms with E-state index in [1.165, 1.54) is 27.9 Å². The van der Waals surface area contributed by atoms with Gasteiger partial charge in [-0.05, 0) is 64.3 Å². The number of rotatable bonds is 4. The summed E-state index contributed by atoms with van der Waals surface area (Å²) in [7, 11) is 0. The van der Waals surface area contributed by atoms with Crippen molar-refractivity contribution in [2.24, 2.45) is 0 Å². The van der Waals surface area contributed by atoms with Crippen molar-refractivity contribution < 1.29 is 0 Å². The van der Waals surface area contributed by atoms with Crippen LogP contribution < -0.4 is 5.32 Å². The molecular formula is C18H27N3. The van der Waals surface area contributed by atoms with Gasteiger partial charge in [-0.3, -0.25) is 4.68 Å². The number of hydrogen-bond donors (Lipinski definition) is 1. The van der Waals surface area contributed by atoms with Crippen LogP contribution in [0.5, 0.6) is 0 Å². The first-order valence-corrected chi connectivity index (χ1v) is 7.59. The van der Waals surface area contributed by atoms with Crippen LogP contribution in [0.3, 0.4) is 0 Å². The van der Waals surface area contributed by atoms with Gasteiger partial charge in [0.25, 0.3) is 0 Å².